The van der Waals surface area contributed by atoms with Crippen LogP contribution in [0.3, 0.4) is 0 Å². The van der Waals surface area contributed by atoms with E-state index in [4.69, 9.17) is 5.26 Å². The molecule has 0 bridgehead atoms. The van der Waals surface area contributed by atoms with E-state index in [1.165, 1.54) is 12.1 Å². The van der Waals surface area contributed by atoms with Crippen molar-refractivity contribution in [3.05, 3.63) is 35.6 Å². The van der Waals surface area contributed by atoms with E-state index in [1.54, 1.807) is 12.1 Å². The van der Waals surface area contributed by atoms with Crippen molar-refractivity contribution in [3.63, 3.8) is 0 Å². The maximum atomic E-state index is 12.9. The summed E-state index contributed by atoms with van der Waals surface area (Å²) in [6.45, 7) is 0. The molecule has 0 aliphatic rings. The van der Waals surface area contributed by atoms with Crippen LogP contribution in [0, 0.1) is 16.5 Å². The average Bonchev–Trinajstić information content (AvgIpc) is 2.24. The van der Waals surface area contributed by atoms with E-state index < -0.39 is 0 Å². The maximum Gasteiger partial charge on any atom is 0.133 e. The quantitative estimate of drug-likeness (QED) is 0.459. The van der Waals surface area contributed by atoms with E-state index in [-0.39, 0.29) is 11.9 Å². The van der Waals surface area contributed by atoms with Gasteiger partial charge in [0.25, 0.3) is 0 Å². The molecular formula is C10H7FN2S2. The molecule has 0 N–H and O–H groups in total. The minimum absolute atomic E-state index is 0.303. The van der Waals surface area contributed by atoms with E-state index in [2.05, 4.69) is 22.4 Å². The summed E-state index contributed by atoms with van der Waals surface area (Å²) in [6, 6.07) is 5.80. The van der Waals surface area contributed by atoms with Crippen molar-refractivity contribution in [2.24, 2.45) is 4.99 Å². The average molecular weight is 238 g/mol. The number of thiocyanates is 1. The zero-order valence-corrected chi connectivity index (χ0v) is 9.32. The fourth-order valence-electron chi connectivity index (χ4n) is 1.10. The second kappa shape index (κ2) is 6.31. The van der Waals surface area contributed by atoms with Crippen LogP contribution in [0.25, 0.3) is 0 Å². The van der Waals surface area contributed by atoms with Gasteiger partial charge in [-0.15, -0.1) is 0 Å². The van der Waals surface area contributed by atoms with Gasteiger partial charge < -0.3 is 0 Å². The zero-order chi connectivity index (χ0) is 11.1. The number of isothiocyanates is 1. The molecule has 0 amide bonds. The van der Waals surface area contributed by atoms with Crippen LogP contribution in [0.2, 0.25) is 0 Å². The predicted octanol–water partition coefficient (Wildman–Crippen LogP) is 3.18. The molecule has 2 nitrogen and oxygen atoms in total. The molecule has 0 aromatic heterocycles. The summed E-state index contributed by atoms with van der Waals surface area (Å²) in [5.74, 6) is 0.128. The SMILES string of the molecule is N#CSCC(N=C=S)c1cccc(F)c1. The maximum absolute atomic E-state index is 12.9. The number of thiocarbonyl (C=S) groups is 1. The summed E-state index contributed by atoms with van der Waals surface area (Å²) in [4.78, 5) is 3.90. The lowest BCUT2D eigenvalue weighted by atomic mass is 10.1. The van der Waals surface area contributed by atoms with Crippen LogP contribution in [0.4, 0.5) is 4.39 Å². The highest BCUT2D eigenvalue weighted by Gasteiger charge is 2.10. The molecule has 1 aromatic carbocycles. The van der Waals surface area contributed by atoms with Crippen molar-refractivity contribution < 1.29 is 4.39 Å². The summed E-state index contributed by atoms with van der Waals surface area (Å²) in [7, 11) is 0. The lowest BCUT2D eigenvalue weighted by molar-refractivity contribution is 0.623. The zero-order valence-electron chi connectivity index (χ0n) is 7.68. The molecule has 0 aliphatic heterocycles. The third-order valence-corrected chi connectivity index (χ3v) is 2.46. The molecule has 0 fully saturated rings. The molecule has 15 heavy (non-hydrogen) atoms. The second-order valence-corrected chi connectivity index (χ2v) is 3.68. The summed E-state index contributed by atoms with van der Waals surface area (Å²) in [5.41, 5.74) is 0.704. The van der Waals surface area contributed by atoms with Gasteiger partial charge in [0.2, 0.25) is 0 Å². The van der Waals surface area contributed by atoms with Crippen molar-refractivity contribution in [2.45, 2.75) is 6.04 Å². The Balaban J connectivity index is 2.89. The summed E-state index contributed by atoms with van der Waals surface area (Å²) in [5, 5.41) is 12.6. The minimum Gasteiger partial charge on any atom is -0.223 e. The molecule has 0 saturated carbocycles. The number of hydrogen-bond donors (Lipinski definition) is 0. The van der Waals surface area contributed by atoms with Crippen LogP contribution >= 0.6 is 24.0 Å². The Morgan fingerprint density at radius 2 is 2.40 bits per heavy atom. The lowest BCUT2D eigenvalue weighted by Gasteiger charge is -2.08. The number of aliphatic imine (C=N–C) groups is 1. The van der Waals surface area contributed by atoms with E-state index in [0.717, 1.165) is 11.8 Å². The van der Waals surface area contributed by atoms with Crippen LogP contribution in [0.5, 0.6) is 0 Å². The first-order valence-corrected chi connectivity index (χ1v) is 5.50. The molecule has 0 radical (unpaired) electrons. The standard InChI is InChI=1S/C10H7FN2S2/c11-9-3-1-2-8(4-9)10(13-7-14)5-15-6-12/h1-4,10H,5H2. The van der Waals surface area contributed by atoms with Crippen molar-refractivity contribution in [2.75, 3.05) is 5.75 Å². The van der Waals surface area contributed by atoms with Gasteiger partial charge in [0.1, 0.15) is 11.2 Å². The molecule has 1 unspecified atom stereocenters. The fraction of sp³-hybridized carbons (Fsp3) is 0.200. The molecule has 5 heteroatoms. The van der Waals surface area contributed by atoms with Crippen LogP contribution in [0.1, 0.15) is 11.6 Å². The molecular weight excluding hydrogens is 231 g/mol. The smallest absolute Gasteiger partial charge is 0.133 e. The van der Waals surface area contributed by atoms with E-state index in [0.29, 0.717) is 11.3 Å². The highest BCUT2D eigenvalue weighted by molar-refractivity contribution is 8.03. The van der Waals surface area contributed by atoms with E-state index in [9.17, 15) is 4.39 Å². The number of hydrogen-bond acceptors (Lipinski definition) is 4. The molecule has 1 aromatic rings. The van der Waals surface area contributed by atoms with Crippen molar-refractivity contribution in [1.29, 1.82) is 5.26 Å². The second-order valence-electron chi connectivity index (χ2n) is 2.69. The Morgan fingerprint density at radius 3 is 3.00 bits per heavy atom. The summed E-state index contributed by atoms with van der Waals surface area (Å²) >= 11 is 5.57. The van der Waals surface area contributed by atoms with Crippen molar-refractivity contribution in [1.82, 2.24) is 0 Å². The molecule has 1 atom stereocenters. The van der Waals surface area contributed by atoms with Gasteiger partial charge in [0.05, 0.1) is 11.2 Å². The number of benzene rings is 1. The number of halogens is 1. The van der Waals surface area contributed by atoms with Gasteiger partial charge in [0.15, 0.2) is 0 Å². The van der Waals surface area contributed by atoms with Gasteiger partial charge in [-0.2, -0.15) is 5.26 Å². The number of nitrogens with zero attached hydrogens (tertiary/aromatic N) is 2. The number of thioether (sulfide) groups is 1. The lowest BCUT2D eigenvalue weighted by Crippen LogP contribution is -1.98. The predicted molar refractivity (Wildman–Crippen MR) is 62.2 cm³/mol. The third kappa shape index (κ3) is 3.80. The van der Waals surface area contributed by atoms with Gasteiger partial charge in [-0.3, -0.25) is 0 Å². The van der Waals surface area contributed by atoms with Crippen LogP contribution in [-0.2, 0) is 0 Å². The molecule has 1 rings (SSSR count). The Hall–Kier alpha value is -1.21. The molecule has 0 heterocycles. The topological polar surface area (TPSA) is 36.1 Å². The first kappa shape index (κ1) is 11.9. The molecule has 0 aliphatic carbocycles. The van der Waals surface area contributed by atoms with Gasteiger partial charge >= 0.3 is 0 Å². The van der Waals surface area contributed by atoms with Gasteiger partial charge in [-0.25, -0.2) is 9.38 Å². The van der Waals surface area contributed by atoms with Crippen molar-refractivity contribution >= 4 is 29.1 Å². The third-order valence-electron chi connectivity index (χ3n) is 1.75. The van der Waals surface area contributed by atoms with Crippen molar-refractivity contribution in [3.8, 4) is 5.40 Å². The summed E-state index contributed by atoms with van der Waals surface area (Å²) < 4.78 is 12.9. The number of nitriles is 1. The Bertz CT molecular complexity index is 422. The largest absolute Gasteiger partial charge is 0.223 e. The van der Waals surface area contributed by atoms with Crippen LogP contribution < -0.4 is 0 Å². The normalized spacial score (nSPS) is 11.2. The van der Waals surface area contributed by atoms with Gasteiger partial charge in [-0.1, -0.05) is 12.1 Å². The Kier molecular flexibility index (Phi) is 4.99. The number of rotatable bonds is 4. The highest BCUT2D eigenvalue weighted by atomic mass is 32.2. The van der Waals surface area contributed by atoms with Gasteiger partial charge in [0, 0.05) is 5.75 Å². The Labute approximate surface area is 96.8 Å². The van der Waals surface area contributed by atoms with Gasteiger partial charge in [-0.05, 0) is 41.7 Å². The minimum atomic E-state index is -0.320. The highest BCUT2D eigenvalue weighted by Crippen LogP contribution is 2.22. The first-order chi connectivity index (χ1) is 7.27. The summed E-state index contributed by atoms with van der Waals surface area (Å²) in [6.07, 6.45) is 0. The molecule has 0 saturated heterocycles. The Morgan fingerprint density at radius 1 is 1.60 bits per heavy atom. The van der Waals surface area contributed by atoms with Crippen LogP contribution in [-0.4, -0.2) is 10.9 Å². The first-order valence-electron chi connectivity index (χ1n) is 4.11. The van der Waals surface area contributed by atoms with E-state index in [1.807, 2.05) is 5.40 Å². The van der Waals surface area contributed by atoms with Crippen LogP contribution in [0.15, 0.2) is 29.3 Å². The monoisotopic (exact) mass is 238 g/mol. The van der Waals surface area contributed by atoms with E-state index >= 15 is 0 Å². The fourth-order valence-corrected chi connectivity index (χ4v) is 1.73. The molecule has 76 valence electrons. The molecule has 0 spiro atoms.